The van der Waals surface area contributed by atoms with E-state index in [1.807, 2.05) is 19.2 Å². The van der Waals surface area contributed by atoms with Gasteiger partial charge in [-0.25, -0.2) is 0 Å². The van der Waals surface area contributed by atoms with Gasteiger partial charge in [0.25, 0.3) is 0 Å². The lowest BCUT2D eigenvalue weighted by Gasteiger charge is -2.60. The van der Waals surface area contributed by atoms with Crippen LogP contribution in [0.4, 0.5) is 0 Å². The van der Waals surface area contributed by atoms with Crippen LogP contribution in [0.3, 0.4) is 0 Å². The molecule has 6 fully saturated rings. The molecule has 1 N–H and O–H groups in total. The van der Waals surface area contributed by atoms with E-state index in [1.54, 1.807) is 4.90 Å². The summed E-state index contributed by atoms with van der Waals surface area (Å²) in [6, 6.07) is 6.10. The van der Waals surface area contributed by atoms with Crippen molar-refractivity contribution in [3.8, 4) is 0 Å². The molecule has 3 heterocycles. The predicted molar refractivity (Wildman–Crippen MR) is 173 cm³/mol. The third-order valence-corrected chi connectivity index (χ3v) is 14.2. The Balaban J connectivity index is 0.864. The lowest BCUT2D eigenvalue weighted by atomic mass is 9.45. The maximum absolute atomic E-state index is 13.3. The zero-order valence-electron chi connectivity index (χ0n) is 27.7. The van der Waals surface area contributed by atoms with E-state index in [-0.39, 0.29) is 12.1 Å². The van der Waals surface area contributed by atoms with Gasteiger partial charge < -0.3 is 9.80 Å². The van der Waals surface area contributed by atoms with E-state index in [2.05, 4.69) is 35.0 Å². The Morgan fingerprint density at radius 2 is 1.77 bits per heavy atom. The summed E-state index contributed by atoms with van der Waals surface area (Å²) in [6.45, 7) is 9.91. The lowest BCUT2D eigenvalue weighted by Crippen LogP contribution is -2.52. The van der Waals surface area contributed by atoms with E-state index in [4.69, 9.17) is 4.98 Å². The van der Waals surface area contributed by atoms with E-state index in [9.17, 15) is 9.59 Å². The third-order valence-electron chi connectivity index (χ3n) is 14.2. The van der Waals surface area contributed by atoms with Crippen LogP contribution < -0.4 is 5.32 Å². The van der Waals surface area contributed by atoms with Gasteiger partial charge in [-0.2, -0.15) is 0 Å². The number of rotatable bonds is 7. The highest BCUT2D eigenvalue weighted by atomic mass is 16.2. The monoisotopic (exact) mass is 603 g/mol. The molecule has 2 aliphatic heterocycles. The number of fused-ring (bicyclic) bond motifs is 5. The summed E-state index contributed by atoms with van der Waals surface area (Å²) >= 11 is 0. The summed E-state index contributed by atoms with van der Waals surface area (Å²) in [6.07, 6.45) is 17.6. The summed E-state index contributed by atoms with van der Waals surface area (Å²) in [5.41, 5.74) is 3.06. The smallest absolute Gasteiger partial charge is 0.237 e. The lowest BCUT2D eigenvalue weighted by molar-refractivity contribution is -0.133. The van der Waals surface area contributed by atoms with Crippen LogP contribution in [0.15, 0.2) is 18.2 Å². The van der Waals surface area contributed by atoms with Crippen LogP contribution in [-0.4, -0.2) is 71.3 Å². The Morgan fingerprint density at radius 3 is 2.57 bits per heavy atom. The van der Waals surface area contributed by atoms with E-state index in [1.165, 1.54) is 70.6 Å². The summed E-state index contributed by atoms with van der Waals surface area (Å²) in [5.74, 6) is 5.16. The maximum Gasteiger partial charge on any atom is 0.237 e. The molecule has 7 nitrogen and oxygen atoms in total. The molecule has 7 unspecified atom stereocenters. The highest BCUT2D eigenvalue weighted by Gasteiger charge is 2.59. The number of pyridine rings is 1. The first-order valence-electron chi connectivity index (χ1n) is 18.2. The van der Waals surface area contributed by atoms with Gasteiger partial charge in [0, 0.05) is 46.2 Å². The molecule has 4 aliphatic carbocycles. The van der Waals surface area contributed by atoms with Gasteiger partial charge in [-0.1, -0.05) is 32.8 Å². The zero-order valence-corrected chi connectivity index (χ0v) is 27.7. The summed E-state index contributed by atoms with van der Waals surface area (Å²) in [5, 5.41) is 3.25. The number of carbonyl (C=O) groups is 2. The molecule has 7 rings (SSSR count). The number of nitrogens with one attached hydrogen (secondary N) is 1. The van der Waals surface area contributed by atoms with E-state index in [0.717, 1.165) is 80.1 Å². The number of aromatic nitrogens is 1. The second kappa shape index (κ2) is 12.3. The van der Waals surface area contributed by atoms with E-state index < -0.39 is 0 Å². The molecule has 4 saturated carbocycles. The van der Waals surface area contributed by atoms with Crippen molar-refractivity contribution in [2.24, 2.45) is 40.4 Å². The molecule has 0 aromatic carbocycles. The molecule has 0 spiro atoms. The fraction of sp³-hybridized carbons (Fsp3) is 0.811. The molecular weight excluding hydrogens is 546 g/mol. The number of hydrogen-bond donors (Lipinski definition) is 1. The topological polar surface area (TPSA) is 68.8 Å². The van der Waals surface area contributed by atoms with Crippen molar-refractivity contribution in [1.82, 2.24) is 25.0 Å². The molecule has 242 valence electrons. The van der Waals surface area contributed by atoms with Crippen LogP contribution in [-0.2, 0) is 16.1 Å². The number of piperazine rings is 1. The predicted octanol–water partition coefficient (Wildman–Crippen LogP) is 6.01. The molecule has 8 atom stereocenters. The first kappa shape index (κ1) is 30.7. The Labute approximate surface area is 265 Å². The molecule has 7 heteroatoms. The van der Waals surface area contributed by atoms with Crippen molar-refractivity contribution >= 4 is 11.8 Å². The quantitative estimate of drug-likeness (QED) is 0.414. The van der Waals surface area contributed by atoms with Gasteiger partial charge in [0.1, 0.15) is 6.17 Å². The van der Waals surface area contributed by atoms with E-state index >= 15 is 0 Å². The second-order valence-electron chi connectivity index (χ2n) is 16.1. The van der Waals surface area contributed by atoms with E-state index in [0.29, 0.717) is 29.7 Å². The first-order chi connectivity index (χ1) is 21.3. The average Bonchev–Trinajstić information content (AvgIpc) is 3.55. The van der Waals surface area contributed by atoms with Gasteiger partial charge in [-0.3, -0.25) is 24.8 Å². The van der Waals surface area contributed by atoms with Crippen LogP contribution in [0.25, 0.3) is 0 Å². The number of carbonyl (C=O) groups excluding carboxylic acids is 2. The first-order valence-corrected chi connectivity index (χ1v) is 18.2. The van der Waals surface area contributed by atoms with Crippen LogP contribution >= 0.6 is 0 Å². The minimum absolute atomic E-state index is 0.0998. The molecule has 6 aliphatic rings. The Hall–Kier alpha value is -1.99. The summed E-state index contributed by atoms with van der Waals surface area (Å²) < 4.78 is 0. The zero-order chi connectivity index (χ0) is 30.5. The Bertz CT molecular complexity index is 1210. The number of amides is 2. The average molecular weight is 604 g/mol. The number of likely N-dealkylation sites (N-methyl/N-ethyl adjacent to an activating group) is 1. The highest BCUT2D eigenvalue weighted by molar-refractivity contribution is 5.80. The van der Waals surface area contributed by atoms with Crippen molar-refractivity contribution in [2.75, 3.05) is 39.8 Å². The fourth-order valence-electron chi connectivity index (χ4n) is 11.6. The SMILES string of the molecule is CN1C(=O)CNC1c1cccc(CN2CCN(C(=O)CCCC3CCC4[C@@H]5CCC6CCCCC6(C)C5CCC34C)CC2)n1. The molecular formula is C37H57N5O2. The van der Waals surface area contributed by atoms with Gasteiger partial charge in [-0.15, -0.1) is 0 Å². The minimum atomic E-state index is -0.148. The van der Waals surface area contributed by atoms with Crippen LogP contribution in [0.1, 0.15) is 115 Å². The van der Waals surface area contributed by atoms with Crippen LogP contribution in [0.5, 0.6) is 0 Å². The largest absolute Gasteiger partial charge is 0.340 e. The molecule has 0 radical (unpaired) electrons. The van der Waals surface area contributed by atoms with Crippen molar-refractivity contribution < 1.29 is 9.59 Å². The Kier molecular flexibility index (Phi) is 8.58. The number of nitrogens with zero attached hydrogens (tertiary/aromatic N) is 4. The molecule has 0 bridgehead atoms. The fourth-order valence-corrected chi connectivity index (χ4v) is 11.6. The summed E-state index contributed by atoms with van der Waals surface area (Å²) in [4.78, 5) is 36.3. The van der Waals surface area contributed by atoms with Crippen molar-refractivity contribution in [1.29, 1.82) is 0 Å². The van der Waals surface area contributed by atoms with Crippen LogP contribution in [0, 0.1) is 40.4 Å². The molecule has 1 aromatic rings. The number of hydrogen-bond acceptors (Lipinski definition) is 5. The minimum Gasteiger partial charge on any atom is -0.340 e. The summed E-state index contributed by atoms with van der Waals surface area (Å²) in [7, 11) is 1.83. The molecule has 2 amide bonds. The molecule has 1 aromatic heterocycles. The van der Waals surface area contributed by atoms with Crippen LogP contribution in [0.2, 0.25) is 0 Å². The van der Waals surface area contributed by atoms with Gasteiger partial charge in [0.05, 0.1) is 17.9 Å². The molecule has 44 heavy (non-hydrogen) atoms. The van der Waals surface area contributed by atoms with Gasteiger partial charge in [-0.05, 0) is 117 Å². The Morgan fingerprint density at radius 1 is 0.955 bits per heavy atom. The van der Waals surface area contributed by atoms with Crippen molar-refractivity contribution in [3.05, 3.63) is 29.6 Å². The van der Waals surface area contributed by atoms with Gasteiger partial charge in [0.15, 0.2) is 0 Å². The van der Waals surface area contributed by atoms with Crippen molar-refractivity contribution in [3.63, 3.8) is 0 Å². The van der Waals surface area contributed by atoms with Crippen molar-refractivity contribution in [2.45, 2.75) is 110 Å². The molecule has 2 saturated heterocycles. The standard InChI is InChI=1S/C37H57N5O2/c1-36-18-5-4-8-26(36)13-15-29-30-16-14-27(37(30,2)19-17-31(29)36)9-6-12-33(43)42-22-20-41(21-23-42)25-28-10-7-11-32(39-28)35-38-24-34(44)40(35)3/h7,10-11,26-27,29-31,35,38H,4-6,8-9,12-25H2,1-3H3/t26?,27?,29-,30?,31?,35?,36?,37?/m0/s1. The maximum atomic E-state index is 13.3. The third kappa shape index (κ3) is 5.52. The van der Waals surface area contributed by atoms with Gasteiger partial charge >= 0.3 is 0 Å². The highest BCUT2D eigenvalue weighted by Crippen LogP contribution is 2.67. The van der Waals surface area contributed by atoms with Gasteiger partial charge in [0.2, 0.25) is 11.8 Å². The second-order valence-corrected chi connectivity index (χ2v) is 16.1. The normalized spacial score (nSPS) is 39.2.